The maximum atomic E-state index is 10.8. The standard InChI is InChI=1S/C10H19NO4/c1-3-4-7(2)11-8(10(14)15)5-6-9(12)13/h7-8,11H,3-6H2,1-2H3,(H,12,13)(H,14,15). The Morgan fingerprint density at radius 1 is 1.27 bits per heavy atom. The van der Waals surface area contributed by atoms with Gasteiger partial charge in [0.15, 0.2) is 0 Å². The van der Waals surface area contributed by atoms with E-state index in [1.807, 2.05) is 13.8 Å². The summed E-state index contributed by atoms with van der Waals surface area (Å²) >= 11 is 0. The molecule has 15 heavy (non-hydrogen) atoms. The Balaban J connectivity index is 4.04. The molecule has 0 aliphatic carbocycles. The monoisotopic (exact) mass is 217 g/mol. The number of carbonyl (C=O) groups is 2. The molecule has 0 spiro atoms. The fourth-order valence-electron chi connectivity index (χ4n) is 1.41. The van der Waals surface area contributed by atoms with Crippen molar-refractivity contribution < 1.29 is 19.8 Å². The van der Waals surface area contributed by atoms with E-state index in [-0.39, 0.29) is 18.9 Å². The van der Waals surface area contributed by atoms with Crippen molar-refractivity contribution in [3.8, 4) is 0 Å². The van der Waals surface area contributed by atoms with E-state index in [9.17, 15) is 9.59 Å². The summed E-state index contributed by atoms with van der Waals surface area (Å²) in [7, 11) is 0. The maximum Gasteiger partial charge on any atom is 0.320 e. The second-order valence-corrected chi connectivity index (χ2v) is 3.68. The number of aliphatic carboxylic acids is 2. The van der Waals surface area contributed by atoms with Gasteiger partial charge in [0, 0.05) is 12.5 Å². The molecule has 0 aliphatic heterocycles. The highest BCUT2D eigenvalue weighted by molar-refractivity contribution is 5.75. The van der Waals surface area contributed by atoms with Crippen LogP contribution in [0.25, 0.3) is 0 Å². The Kier molecular flexibility index (Phi) is 6.70. The summed E-state index contributed by atoms with van der Waals surface area (Å²) in [5.74, 6) is -1.95. The van der Waals surface area contributed by atoms with Gasteiger partial charge in [-0.25, -0.2) is 0 Å². The van der Waals surface area contributed by atoms with Crippen molar-refractivity contribution in [1.82, 2.24) is 5.32 Å². The second-order valence-electron chi connectivity index (χ2n) is 3.68. The fourth-order valence-corrected chi connectivity index (χ4v) is 1.41. The Labute approximate surface area is 89.5 Å². The molecule has 0 aromatic rings. The van der Waals surface area contributed by atoms with Gasteiger partial charge in [0.1, 0.15) is 6.04 Å². The molecule has 5 heteroatoms. The van der Waals surface area contributed by atoms with E-state index in [1.54, 1.807) is 0 Å². The number of hydrogen-bond donors (Lipinski definition) is 3. The molecule has 3 N–H and O–H groups in total. The number of rotatable bonds is 8. The summed E-state index contributed by atoms with van der Waals surface area (Å²) in [6.45, 7) is 3.92. The van der Waals surface area contributed by atoms with Crippen LogP contribution in [0, 0.1) is 0 Å². The predicted octanol–water partition coefficient (Wildman–Crippen LogP) is 1.08. The van der Waals surface area contributed by atoms with Crippen molar-refractivity contribution in [2.75, 3.05) is 0 Å². The van der Waals surface area contributed by atoms with Gasteiger partial charge in [-0.05, 0) is 19.8 Å². The lowest BCUT2D eigenvalue weighted by atomic mass is 10.1. The fraction of sp³-hybridized carbons (Fsp3) is 0.800. The van der Waals surface area contributed by atoms with Gasteiger partial charge in [-0.15, -0.1) is 0 Å². The zero-order valence-electron chi connectivity index (χ0n) is 9.19. The Hall–Kier alpha value is -1.10. The lowest BCUT2D eigenvalue weighted by Gasteiger charge is -2.18. The molecule has 0 heterocycles. The van der Waals surface area contributed by atoms with Crippen LogP contribution in [0.15, 0.2) is 0 Å². The highest BCUT2D eigenvalue weighted by atomic mass is 16.4. The highest BCUT2D eigenvalue weighted by Gasteiger charge is 2.19. The maximum absolute atomic E-state index is 10.8. The molecule has 2 atom stereocenters. The third-order valence-corrected chi connectivity index (χ3v) is 2.15. The molecule has 0 saturated heterocycles. The average Bonchev–Trinajstić information content (AvgIpc) is 2.11. The normalized spacial score (nSPS) is 14.5. The average molecular weight is 217 g/mol. The van der Waals surface area contributed by atoms with E-state index < -0.39 is 18.0 Å². The van der Waals surface area contributed by atoms with Gasteiger partial charge in [-0.3, -0.25) is 9.59 Å². The first-order valence-corrected chi connectivity index (χ1v) is 5.18. The number of carboxylic acid groups (broad SMARTS) is 2. The van der Waals surface area contributed by atoms with Gasteiger partial charge >= 0.3 is 11.9 Å². The van der Waals surface area contributed by atoms with Crippen LogP contribution in [0.2, 0.25) is 0 Å². The zero-order chi connectivity index (χ0) is 11.8. The van der Waals surface area contributed by atoms with Gasteiger partial charge < -0.3 is 15.5 Å². The molecule has 0 aromatic heterocycles. The number of nitrogens with one attached hydrogen (secondary N) is 1. The lowest BCUT2D eigenvalue weighted by molar-refractivity contribution is -0.141. The molecule has 88 valence electrons. The Bertz CT molecular complexity index is 217. The van der Waals surface area contributed by atoms with Gasteiger partial charge in [0.2, 0.25) is 0 Å². The molecule has 2 unspecified atom stereocenters. The minimum atomic E-state index is -0.987. The van der Waals surface area contributed by atoms with Crippen LogP contribution in [0.4, 0.5) is 0 Å². The van der Waals surface area contributed by atoms with Gasteiger partial charge in [0.05, 0.1) is 0 Å². The van der Waals surface area contributed by atoms with Crippen molar-refractivity contribution in [3.63, 3.8) is 0 Å². The molecular weight excluding hydrogens is 198 g/mol. The molecule has 0 radical (unpaired) electrons. The first kappa shape index (κ1) is 13.9. The minimum Gasteiger partial charge on any atom is -0.481 e. The van der Waals surface area contributed by atoms with E-state index in [2.05, 4.69) is 5.32 Å². The van der Waals surface area contributed by atoms with E-state index in [0.29, 0.717) is 0 Å². The van der Waals surface area contributed by atoms with E-state index in [1.165, 1.54) is 0 Å². The summed E-state index contributed by atoms with van der Waals surface area (Å²) in [4.78, 5) is 21.1. The van der Waals surface area contributed by atoms with E-state index in [4.69, 9.17) is 10.2 Å². The molecule has 0 rings (SSSR count). The summed E-state index contributed by atoms with van der Waals surface area (Å²) < 4.78 is 0. The minimum absolute atomic E-state index is 0.102. The summed E-state index contributed by atoms with van der Waals surface area (Å²) in [5, 5.41) is 20.2. The van der Waals surface area contributed by atoms with Gasteiger partial charge in [-0.1, -0.05) is 13.3 Å². The van der Waals surface area contributed by atoms with Crippen molar-refractivity contribution in [3.05, 3.63) is 0 Å². The topological polar surface area (TPSA) is 86.6 Å². The first-order chi connectivity index (χ1) is 6.97. The quantitative estimate of drug-likeness (QED) is 0.566. The summed E-state index contributed by atoms with van der Waals surface area (Å²) in [6.07, 6.45) is 1.86. The van der Waals surface area contributed by atoms with Crippen LogP contribution < -0.4 is 5.32 Å². The van der Waals surface area contributed by atoms with Crippen molar-refractivity contribution in [1.29, 1.82) is 0 Å². The number of carboxylic acids is 2. The van der Waals surface area contributed by atoms with Gasteiger partial charge in [-0.2, -0.15) is 0 Å². The zero-order valence-corrected chi connectivity index (χ0v) is 9.19. The lowest BCUT2D eigenvalue weighted by Crippen LogP contribution is -2.42. The largest absolute Gasteiger partial charge is 0.481 e. The first-order valence-electron chi connectivity index (χ1n) is 5.18. The number of hydrogen-bond acceptors (Lipinski definition) is 3. The molecule has 0 saturated carbocycles. The van der Waals surface area contributed by atoms with Crippen LogP contribution in [0.3, 0.4) is 0 Å². The van der Waals surface area contributed by atoms with E-state index >= 15 is 0 Å². The molecule has 0 bridgehead atoms. The molecule has 0 amide bonds. The van der Waals surface area contributed by atoms with Crippen LogP contribution >= 0.6 is 0 Å². The summed E-state index contributed by atoms with van der Waals surface area (Å²) in [6, 6.07) is -0.660. The molecular formula is C10H19NO4. The molecule has 0 aromatic carbocycles. The third-order valence-electron chi connectivity index (χ3n) is 2.15. The molecule has 0 fully saturated rings. The molecule has 5 nitrogen and oxygen atoms in total. The third kappa shape index (κ3) is 6.90. The van der Waals surface area contributed by atoms with E-state index in [0.717, 1.165) is 12.8 Å². The van der Waals surface area contributed by atoms with Gasteiger partial charge in [0.25, 0.3) is 0 Å². The van der Waals surface area contributed by atoms with Crippen LogP contribution in [-0.2, 0) is 9.59 Å². The predicted molar refractivity (Wildman–Crippen MR) is 55.8 cm³/mol. The Morgan fingerprint density at radius 3 is 2.27 bits per heavy atom. The smallest absolute Gasteiger partial charge is 0.320 e. The Morgan fingerprint density at radius 2 is 1.87 bits per heavy atom. The van der Waals surface area contributed by atoms with Crippen LogP contribution in [-0.4, -0.2) is 34.2 Å². The van der Waals surface area contributed by atoms with Crippen LogP contribution in [0.5, 0.6) is 0 Å². The van der Waals surface area contributed by atoms with Crippen molar-refractivity contribution >= 4 is 11.9 Å². The van der Waals surface area contributed by atoms with Crippen molar-refractivity contribution in [2.45, 2.75) is 51.6 Å². The molecule has 0 aliphatic rings. The highest BCUT2D eigenvalue weighted by Crippen LogP contribution is 2.02. The van der Waals surface area contributed by atoms with Crippen LogP contribution in [0.1, 0.15) is 39.5 Å². The second kappa shape index (κ2) is 7.23. The summed E-state index contributed by atoms with van der Waals surface area (Å²) in [5.41, 5.74) is 0. The van der Waals surface area contributed by atoms with Crippen molar-refractivity contribution in [2.24, 2.45) is 0 Å². The SMILES string of the molecule is CCCC(C)NC(CCC(=O)O)C(=O)O.